The highest BCUT2D eigenvalue weighted by molar-refractivity contribution is 5.98. The first-order chi connectivity index (χ1) is 10.2. The molecule has 1 heterocycles. The summed E-state index contributed by atoms with van der Waals surface area (Å²) in [5.41, 5.74) is 0.383. The lowest BCUT2D eigenvalue weighted by molar-refractivity contribution is -0.122. The van der Waals surface area contributed by atoms with E-state index in [0.29, 0.717) is 13.2 Å². The van der Waals surface area contributed by atoms with Gasteiger partial charge in [-0.3, -0.25) is 4.79 Å². The second-order valence-corrected chi connectivity index (χ2v) is 5.29. The van der Waals surface area contributed by atoms with E-state index < -0.39 is 5.54 Å². The van der Waals surface area contributed by atoms with Gasteiger partial charge in [0.05, 0.1) is 12.1 Å². The van der Waals surface area contributed by atoms with Gasteiger partial charge in [-0.2, -0.15) is 0 Å². The van der Waals surface area contributed by atoms with Crippen LogP contribution in [0.4, 0.5) is 5.69 Å². The molecular weight excluding hydrogens is 268 g/mol. The van der Waals surface area contributed by atoms with E-state index in [2.05, 4.69) is 10.6 Å². The molecule has 0 radical (unpaired) electrons. The van der Waals surface area contributed by atoms with Crippen LogP contribution in [0.1, 0.15) is 26.2 Å². The van der Waals surface area contributed by atoms with E-state index in [1.54, 1.807) is 7.11 Å². The molecule has 2 N–H and O–H groups in total. The predicted molar refractivity (Wildman–Crippen MR) is 82.7 cm³/mol. The minimum Gasteiger partial charge on any atom is -0.491 e. The lowest BCUT2D eigenvalue weighted by atomic mass is 9.93. The molecule has 0 aliphatic carbocycles. The molecule has 116 valence electrons. The zero-order valence-corrected chi connectivity index (χ0v) is 12.8. The maximum Gasteiger partial charge on any atom is 0.244 e. The van der Waals surface area contributed by atoms with Crippen LogP contribution >= 0.6 is 0 Å². The molecule has 1 saturated heterocycles. The maximum atomic E-state index is 12.4. The molecule has 0 bridgehead atoms. The molecule has 0 saturated carbocycles. The Morgan fingerprint density at radius 2 is 2.10 bits per heavy atom. The van der Waals surface area contributed by atoms with Crippen LogP contribution in [0.2, 0.25) is 0 Å². The Kier molecular flexibility index (Phi) is 5.59. The predicted octanol–water partition coefficient (Wildman–Crippen LogP) is 2.18. The largest absolute Gasteiger partial charge is 0.491 e. The van der Waals surface area contributed by atoms with Gasteiger partial charge in [0.2, 0.25) is 5.91 Å². The van der Waals surface area contributed by atoms with Gasteiger partial charge in [0.15, 0.2) is 0 Å². The maximum absolute atomic E-state index is 12.4. The van der Waals surface area contributed by atoms with Crippen molar-refractivity contribution in [2.75, 3.05) is 32.2 Å². The zero-order chi connectivity index (χ0) is 15.1. The zero-order valence-electron chi connectivity index (χ0n) is 12.8. The van der Waals surface area contributed by atoms with Gasteiger partial charge >= 0.3 is 0 Å². The Bertz CT molecular complexity index is 453. The van der Waals surface area contributed by atoms with E-state index in [1.807, 2.05) is 31.2 Å². The SMILES string of the molecule is CCC1(C(=O)Nc2ccc(OCCOC)cc2)CCCN1. The lowest BCUT2D eigenvalue weighted by Gasteiger charge is -2.26. The van der Waals surface area contributed by atoms with Gasteiger partial charge in [-0.25, -0.2) is 0 Å². The molecule has 5 heteroatoms. The van der Waals surface area contributed by atoms with Gasteiger partial charge < -0.3 is 20.1 Å². The van der Waals surface area contributed by atoms with Crippen LogP contribution in [-0.2, 0) is 9.53 Å². The molecule has 2 rings (SSSR count). The molecule has 1 atom stereocenters. The molecule has 1 aliphatic heterocycles. The third kappa shape index (κ3) is 3.95. The second-order valence-electron chi connectivity index (χ2n) is 5.29. The van der Waals surface area contributed by atoms with Crippen molar-refractivity contribution >= 4 is 11.6 Å². The number of amides is 1. The Morgan fingerprint density at radius 1 is 1.33 bits per heavy atom. The van der Waals surface area contributed by atoms with Crippen LogP contribution in [0.3, 0.4) is 0 Å². The first kappa shape index (κ1) is 15.8. The molecule has 0 aromatic heterocycles. The van der Waals surface area contributed by atoms with Gasteiger partial charge in [-0.15, -0.1) is 0 Å². The average molecular weight is 292 g/mol. The van der Waals surface area contributed by atoms with E-state index in [9.17, 15) is 4.79 Å². The van der Waals surface area contributed by atoms with Crippen molar-refractivity contribution in [2.24, 2.45) is 0 Å². The normalized spacial score (nSPS) is 21.2. The molecule has 5 nitrogen and oxygen atoms in total. The summed E-state index contributed by atoms with van der Waals surface area (Å²) in [4.78, 5) is 12.4. The molecule has 1 unspecified atom stereocenters. The highest BCUT2D eigenvalue weighted by Crippen LogP contribution is 2.25. The van der Waals surface area contributed by atoms with Gasteiger partial charge in [0.1, 0.15) is 12.4 Å². The van der Waals surface area contributed by atoms with Gasteiger partial charge in [0, 0.05) is 12.8 Å². The summed E-state index contributed by atoms with van der Waals surface area (Å²) in [7, 11) is 1.64. The van der Waals surface area contributed by atoms with Crippen molar-refractivity contribution in [3.05, 3.63) is 24.3 Å². The number of hydrogen-bond donors (Lipinski definition) is 2. The highest BCUT2D eigenvalue weighted by Gasteiger charge is 2.38. The number of methoxy groups -OCH3 is 1. The quantitative estimate of drug-likeness (QED) is 0.756. The van der Waals surface area contributed by atoms with Crippen molar-refractivity contribution in [1.29, 1.82) is 0 Å². The topological polar surface area (TPSA) is 59.6 Å². The number of carbonyl (C=O) groups is 1. The van der Waals surface area contributed by atoms with E-state index in [-0.39, 0.29) is 5.91 Å². The number of carbonyl (C=O) groups excluding carboxylic acids is 1. The monoisotopic (exact) mass is 292 g/mol. The summed E-state index contributed by atoms with van der Waals surface area (Å²) in [5.74, 6) is 0.824. The van der Waals surface area contributed by atoms with Crippen LogP contribution in [-0.4, -0.2) is 38.3 Å². The molecular formula is C16H24N2O3. The lowest BCUT2D eigenvalue weighted by Crippen LogP contribution is -2.50. The summed E-state index contributed by atoms with van der Waals surface area (Å²) in [6, 6.07) is 7.43. The van der Waals surface area contributed by atoms with E-state index in [1.165, 1.54) is 0 Å². The minimum absolute atomic E-state index is 0.0514. The number of benzene rings is 1. The van der Waals surface area contributed by atoms with E-state index >= 15 is 0 Å². The second kappa shape index (κ2) is 7.43. The van der Waals surface area contributed by atoms with E-state index in [0.717, 1.165) is 37.2 Å². The minimum atomic E-state index is -0.409. The molecule has 21 heavy (non-hydrogen) atoms. The fraction of sp³-hybridized carbons (Fsp3) is 0.562. The molecule has 1 aliphatic rings. The van der Waals surface area contributed by atoms with Crippen LogP contribution in [0.25, 0.3) is 0 Å². The summed E-state index contributed by atoms with van der Waals surface area (Å²) in [6.45, 7) is 4.03. The first-order valence-corrected chi connectivity index (χ1v) is 7.48. The van der Waals surface area contributed by atoms with Crippen molar-refractivity contribution in [3.8, 4) is 5.75 Å². The number of hydrogen-bond acceptors (Lipinski definition) is 4. The van der Waals surface area contributed by atoms with Crippen molar-refractivity contribution in [2.45, 2.75) is 31.7 Å². The van der Waals surface area contributed by atoms with Crippen LogP contribution in [0.5, 0.6) is 5.75 Å². The fourth-order valence-corrected chi connectivity index (χ4v) is 2.59. The van der Waals surface area contributed by atoms with Gasteiger partial charge in [0.25, 0.3) is 0 Å². The number of anilines is 1. The van der Waals surface area contributed by atoms with Crippen LogP contribution in [0, 0.1) is 0 Å². The van der Waals surface area contributed by atoms with Crippen LogP contribution < -0.4 is 15.4 Å². The van der Waals surface area contributed by atoms with Gasteiger partial charge in [-0.1, -0.05) is 6.92 Å². The standard InChI is InChI=1S/C16H24N2O3/c1-3-16(9-4-10-17-16)15(19)18-13-5-7-14(8-6-13)21-12-11-20-2/h5-8,17H,3-4,9-12H2,1-2H3,(H,18,19). The Labute approximate surface area is 126 Å². The Morgan fingerprint density at radius 3 is 2.67 bits per heavy atom. The third-order valence-electron chi connectivity index (χ3n) is 3.95. The van der Waals surface area contributed by atoms with Crippen LogP contribution in [0.15, 0.2) is 24.3 Å². The summed E-state index contributed by atoms with van der Waals surface area (Å²) in [5, 5.41) is 6.32. The Balaban J connectivity index is 1.92. The summed E-state index contributed by atoms with van der Waals surface area (Å²) in [6.07, 6.45) is 2.75. The molecule has 1 fully saturated rings. The van der Waals surface area contributed by atoms with E-state index in [4.69, 9.17) is 9.47 Å². The van der Waals surface area contributed by atoms with Crippen molar-refractivity contribution < 1.29 is 14.3 Å². The molecule has 1 amide bonds. The fourth-order valence-electron chi connectivity index (χ4n) is 2.59. The molecule has 1 aromatic rings. The Hall–Kier alpha value is -1.59. The van der Waals surface area contributed by atoms with Gasteiger partial charge in [-0.05, 0) is 50.1 Å². The van der Waals surface area contributed by atoms with Crippen molar-refractivity contribution in [3.63, 3.8) is 0 Å². The third-order valence-corrected chi connectivity index (χ3v) is 3.95. The number of rotatable bonds is 7. The smallest absolute Gasteiger partial charge is 0.244 e. The number of ether oxygens (including phenoxy) is 2. The highest BCUT2D eigenvalue weighted by atomic mass is 16.5. The number of nitrogens with one attached hydrogen (secondary N) is 2. The molecule has 1 aromatic carbocycles. The molecule has 0 spiro atoms. The summed E-state index contributed by atoms with van der Waals surface area (Å²) >= 11 is 0. The first-order valence-electron chi connectivity index (χ1n) is 7.48. The van der Waals surface area contributed by atoms with Crippen molar-refractivity contribution in [1.82, 2.24) is 5.32 Å². The summed E-state index contributed by atoms with van der Waals surface area (Å²) < 4.78 is 10.4. The average Bonchev–Trinajstić information content (AvgIpc) is 2.99.